The largest absolute Gasteiger partial charge is 0.465 e. The Hall–Kier alpha value is -3.66. The Bertz CT molecular complexity index is 1120. The van der Waals surface area contributed by atoms with Crippen LogP contribution in [0.4, 0.5) is 4.79 Å². The first-order valence-electron chi connectivity index (χ1n) is 9.16. The van der Waals surface area contributed by atoms with Crippen LogP contribution >= 0.6 is 0 Å². The van der Waals surface area contributed by atoms with Gasteiger partial charge in [-0.05, 0) is 24.6 Å². The van der Waals surface area contributed by atoms with Gasteiger partial charge in [0.25, 0.3) is 5.91 Å². The maximum Gasteiger partial charge on any atom is 0.415 e. The van der Waals surface area contributed by atoms with Crippen LogP contribution in [0.3, 0.4) is 0 Å². The predicted octanol–water partition coefficient (Wildman–Crippen LogP) is 2.61. The number of carboxylic acid groups (broad SMARTS) is 1. The third-order valence-electron chi connectivity index (χ3n) is 4.46. The van der Waals surface area contributed by atoms with Crippen molar-refractivity contribution in [3.8, 4) is 0 Å². The van der Waals surface area contributed by atoms with Gasteiger partial charge >= 0.3 is 22.2 Å². The Morgan fingerprint density at radius 3 is 2.35 bits per heavy atom. The molecule has 2 amide bonds. The number of imide groups is 1. The maximum atomic E-state index is 12.5. The molecule has 10 heteroatoms. The number of rotatable bonds is 6. The highest BCUT2D eigenvalue weighted by Crippen LogP contribution is 2.26. The molecular formula is C21H19NO8S. The normalized spacial score (nSPS) is 16.4. The lowest BCUT2D eigenvalue weighted by atomic mass is 10.1. The second kappa shape index (κ2) is 9.00. The third kappa shape index (κ3) is 5.28. The molecule has 0 unspecified atom stereocenters. The Balaban J connectivity index is 1.79. The van der Waals surface area contributed by atoms with Gasteiger partial charge in [-0.1, -0.05) is 48.0 Å². The van der Waals surface area contributed by atoms with Crippen LogP contribution in [-0.2, 0) is 35.2 Å². The van der Waals surface area contributed by atoms with Gasteiger partial charge in [0.15, 0.2) is 0 Å². The molecule has 0 saturated heterocycles. The first kappa shape index (κ1) is 22.0. The van der Waals surface area contributed by atoms with E-state index < -0.39 is 40.6 Å². The summed E-state index contributed by atoms with van der Waals surface area (Å²) < 4.78 is 35.2. The molecule has 2 aromatic carbocycles. The first-order chi connectivity index (χ1) is 14.7. The lowest BCUT2D eigenvalue weighted by Crippen LogP contribution is -2.50. The van der Waals surface area contributed by atoms with E-state index in [1.54, 1.807) is 49.4 Å². The molecule has 31 heavy (non-hydrogen) atoms. The van der Waals surface area contributed by atoms with Crippen molar-refractivity contribution in [3.63, 3.8) is 0 Å². The highest BCUT2D eigenvalue weighted by molar-refractivity contribution is 7.86. The highest BCUT2D eigenvalue weighted by Gasteiger charge is 2.41. The van der Waals surface area contributed by atoms with Gasteiger partial charge in [-0.25, -0.2) is 14.5 Å². The molecule has 1 heterocycles. The summed E-state index contributed by atoms with van der Waals surface area (Å²) in [6, 6.07) is 12.9. The standard InChI is InChI=1S/C21H19NO8S/c1-14-7-9-17(10-8-14)31(27,28)30-16-11-18(22(21(25)26)19(23)12-16)20(24)29-13-15-5-3-2-4-6-15/h2-10,12,18H,11,13H2,1H3,(H,25,26)/t18-/m0/s1. The molecule has 0 saturated carbocycles. The molecule has 1 aliphatic rings. The van der Waals surface area contributed by atoms with Crippen molar-refractivity contribution in [3.05, 3.63) is 77.6 Å². The average molecular weight is 445 g/mol. The van der Waals surface area contributed by atoms with E-state index in [1.807, 2.05) is 0 Å². The minimum atomic E-state index is -4.28. The van der Waals surface area contributed by atoms with E-state index in [0.717, 1.165) is 11.6 Å². The summed E-state index contributed by atoms with van der Waals surface area (Å²) in [7, 11) is -4.28. The molecule has 162 valence electrons. The Kier molecular flexibility index (Phi) is 6.40. The van der Waals surface area contributed by atoms with E-state index in [1.165, 1.54) is 12.1 Å². The smallest absolute Gasteiger partial charge is 0.415 e. The number of nitrogens with zero attached hydrogens (tertiary/aromatic N) is 1. The van der Waals surface area contributed by atoms with Crippen LogP contribution in [0.5, 0.6) is 0 Å². The van der Waals surface area contributed by atoms with Crippen LogP contribution in [0.15, 0.2) is 71.3 Å². The SMILES string of the molecule is Cc1ccc(S(=O)(=O)OC2=CC(=O)N(C(=O)O)[C@H](C(=O)OCc3ccccc3)C2)cc1. The monoisotopic (exact) mass is 445 g/mol. The van der Waals surface area contributed by atoms with Crippen molar-refractivity contribution in [2.24, 2.45) is 0 Å². The van der Waals surface area contributed by atoms with E-state index in [-0.39, 0.29) is 17.3 Å². The average Bonchev–Trinajstić information content (AvgIpc) is 2.72. The van der Waals surface area contributed by atoms with Crippen molar-refractivity contribution >= 4 is 28.1 Å². The highest BCUT2D eigenvalue weighted by atomic mass is 32.2. The molecule has 1 atom stereocenters. The molecule has 0 bridgehead atoms. The molecule has 2 aromatic rings. The second-order valence-corrected chi connectivity index (χ2v) is 8.31. The van der Waals surface area contributed by atoms with Crippen LogP contribution in [0.2, 0.25) is 0 Å². The number of hydrogen-bond donors (Lipinski definition) is 1. The van der Waals surface area contributed by atoms with Crippen LogP contribution in [-0.4, -0.2) is 42.4 Å². The second-order valence-electron chi connectivity index (χ2n) is 6.77. The van der Waals surface area contributed by atoms with E-state index in [0.29, 0.717) is 10.5 Å². The van der Waals surface area contributed by atoms with Crippen molar-refractivity contribution < 1.29 is 36.8 Å². The minimum absolute atomic E-state index is 0.139. The summed E-state index contributed by atoms with van der Waals surface area (Å²) in [6.45, 7) is 1.64. The fourth-order valence-corrected chi connectivity index (χ4v) is 3.86. The summed E-state index contributed by atoms with van der Waals surface area (Å²) >= 11 is 0. The Morgan fingerprint density at radius 2 is 1.74 bits per heavy atom. The number of carbonyl (C=O) groups excluding carboxylic acids is 2. The molecule has 9 nitrogen and oxygen atoms in total. The van der Waals surface area contributed by atoms with Gasteiger partial charge in [0.05, 0.1) is 0 Å². The molecule has 1 aliphatic heterocycles. The van der Waals surface area contributed by atoms with Gasteiger partial charge < -0.3 is 14.0 Å². The summed E-state index contributed by atoms with van der Waals surface area (Å²) in [5, 5.41) is 9.35. The number of ether oxygens (including phenoxy) is 1. The Labute approximate surface area is 178 Å². The third-order valence-corrected chi connectivity index (χ3v) is 5.74. The van der Waals surface area contributed by atoms with Crippen molar-refractivity contribution in [1.29, 1.82) is 0 Å². The van der Waals surface area contributed by atoms with Gasteiger partial charge in [-0.15, -0.1) is 0 Å². The summed E-state index contributed by atoms with van der Waals surface area (Å²) in [4.78, 5) is 36.5. The fraction of sp³-hybridized carbons (Fsp3) is 0.190. The predicted molar refractivity (Wildman–Crippen MR) is 107 cm³/mol. The zero-order valence-electron chi connectivity index (χ0n) is 16.4. The lowest BCUT2D eigenvalue weighted by Gasteiger charge is -2.29. The number of benzene rings is 2. The molecule has 0 radical (unpaired) electrons. The lowest BCUT2D eigenvalue weighted by molar-refractivity contribution is -0.154. The number of carbonyl (C=O) groups is 3. The van der Waals surface area contributed by atoms with Crippen molar-refractivity contribution in [2.75, 3.05) is 0 Å². The minimum Gasteiger partial charge on any atom is -0.465 e. The van der Waals surface area contributed by atoms with Crippen molar-refractivity contribution in [1.82, 2.24) is 4.90 Å². The van der Waals surface area contributed by atoms with Crippen LogP contribution < -0.4 is 0 Å². The molecule has 0 aromatic heterocycles. The van der Waals surface area contributed by atoms with Gasteiger partial charge in [-0.2, -0.15) is 8.42 Å². The summed E-state index contributed by atoms with van der Waals surface area (Å²) in [5.41, 5.74) is 1.50. The molecule has 0 fully saturated rings. The van der Waals surface area contributed by atoms with Crippen LogP contribution in [0.25, 0.3) is 0 Å². The van der Waals surface area contributed by atoms with Crippen molar-refractivity contribution in [2.45, 2.75) is 30.9 Å². The number of aryl methyl sites for hydroxylation is 1. The molecule has 1 N–H and O–H groups in total. The van der Waals surface area contributed by atoms with Gasteiger partial charge in [0.1, 0.15) is 23.3 Å². The van der Waals surface area contributed by atoms with Crippen LogP contribution in [0, 0.1) is 6.92 Å². The number of hydrogen-bond acceptors (Lipinski definition) is 7. The van der Waals surface area contributed by atoms with E-state index in [4.69, 9.17) is 8.92 Å². The summed E-state index contributed by atoms with van der Waals surface area (Å²) in [6.07, 6.45) is -1.40. The number of esters is 1. The summed E-state index contributed by atoms with van der Waals surface area (Å²) in [5.74, 6) is -2.46. The Morgan fingerprint density at radius 1 is 1.10 bits per heavy atom. The quantitative estimate of drug-likeness (QED) is 0.531. The van der Waals surface area contributed by atoms with Crippen LogP contribution in [0.1, 0.15) is 17.5 Å². The molecule has 0 aliphatic carbocycles. The fourth-order valence-electron chi connectivity index (χ4n) is 2.89. The van der Waals surface area contributed by atoms with E-state index in [2.05, 4.69) is 0 Å². The van der Waals surface area contributed by atoms with Gasteiger partial charge in [0, 0.05) is 12.5 Å². The van der Waals surface area contributed by atoms with E-state index in [9.17, 15) is 27.9 Å². The first-order valence-corrected chi connectivity index (χ1v) is 10.6. The van der Waals surface area contributed by atoms with Gasteiger partial charge in [-0.3, -0.25) is 4.79 Å². The zero-order valence-corrected chi connectivity index (χ0v) is 17.2. The molecule has 3 rings (SSSR count). The molecular weight excluding hydrogens is 426 g/mol. The molecule has 0 spiro atoms. The number of amides is 2. The maximum absolute atomic E-state index is 12.5. The topological polar surface area (TPSA) is 127 Å². The van der Waals surface area contributed by atoms with E-state index >= 15 is 0 Å². The zero-order chi connectivity index (χ0) is 22.6. The van der Waals surface area contributed by atoms with Gasteiger partial charge in [0.2, 0.25) is 0 Å².